The van der Waals surface area contributed by atoms with Crippen LogP contribution in [0.5, 0.6) is 34.5 Å². The molecule has 0 amide bonds. The third-order valence-corrected chi connectivity index (χ3v) is 9.38. The van der Waals surface area contributed by atoms with Gasteiger partial charge in [-0.25, -0.2) is 0 Å². The van der Waals surface area contributed by atoms with Crippen LogP contribution in [0.25, 0.3) is 0 Å². The lowest BCUT2D eigenvalue weighted by molar-refractivity contribution is 0.298. The summed E-state index contributed by atoms with van der Waals surface area (Å²) in [6, 6.07) is 30.1. The highest BCUT2D eigenvalue weighted by Gasteiger charge is 2.14. The molecule has 310 valence electrons. The van der Waals surface area contributed by atoms with E-state index in [2.05, 4.69) is 75.1 Å². The van der Waals surface area contributed by atoms with Gasteiger partial charge in [0.1, 0.15) is 34.5 Å². The van der Waals surface area contributed by atoms with Gasteiger partial charge in [-0.05, 0) is 104 Å². The van der Waals surface area contributed by atoms with Gasteiger partial charge in [0.05, 0.1) is 47.3 Å². The maximum Gasteiger partial charge on any atom is 0.142 e. The van der Waals surface area contributed by atoms with E-state index in [1.165, 1.54) is 74.6 Å². The maximum atomic E-state index is 6.27. The Hall–Kier alpha value is -4.52. The minimum atomic E-state index is 0.790. The molecule has 0 saturated heterocycles. The van der Waals surface area contributed by atoms with E-state index in [4.69, 9.17) is 28.4 Å². The Labute approximate surface area is 340 Å². The summed E-state index contributed by atoms with van der Waals surface area (Å²) in [5.41, 5.74) is 3.76. The number of methoxy groups -OCH3 is 4. The van der Waals surface area contributed by atoms with Crippen molar-refractivity contribution in [2.24, 2.45) is 0 Å². The zero-order chi connectivity index (χ0) is 40.6. The molecule has 0 aliphatic heterocycles. The van der Waals surface area contributed by atoms with Crippen molar-refractivity contribution < 1.29 is 28.4 Å². The first-order valence-electron chi connectivity index (χ1n) is 21.0. The van der Waals surface area contributed by atoms with Crippen LogP contribution in [0.15, 0.2) is 91.0 Å². The van der Waals surface area contributed by atoms with Crippen molar-refractivity contribution in [1.29, 1.82) is 0 Å². The van der Waals surface area contributed by atoms with Crippen LogP contribution < -0.4 is 33.3 Å². The third kappa shape index (κ3) is 19.9. The zero-order valence-electron chi connectivity index (χ0n) is 36.1. The lowest BCUT2D eigenvalue weighted by Crippen LogP contribution is -2.26. The molecule has 0 spiro atoms. The predicted octanol–water partition coefficient (Wildman–Crippen LogP) is 13.0. The molecule has 0 aliphatic rings. The lowest BCUT2D eigenvalue weighted by atomic mass is 10.0. The van der Waals surface area contributed by atoms with Gasteiger partial charge in [-0.1, -0.05) is 103 Å². The zero-order valence-corrected chi connectivity index (χ0v) is 36.1. The normalized spacial score (nSPS) is 10.3. The largest absolute Gasteiger partial charge is 0.497 e. The van der Waals surface area contributed by atoms with E-state index in [-0.39, 0.29) is 0 Å². The van der Waals surface area contributed by atoms with Gasteiger partial charge >= 0.3 is 0 Å². The Kier molecular flexibility index (Phi) is 26.1. The highest BCUT2D eigenvalue weighted by atomic mass is 16.5. The number of ether oxygens (including phenoxy) is 6. The molecule has 4 aromatic carbocycles. The van der Waals surface area contributed by atoms with Gasteiger partial charge in [0.2, 0.25) is 0 Å². The molecule has 0 fully saturated rings. The summed E-state index contributed by atoms with van der Waals surface area (Å²) in [7, 11) is 6.64. The van der Waals surface area contributed by atoms with Gasteiger partial charge in [0, 0.05) is 19.2 Å². The van der Waals surface area contributed by atoms with Crippen LogP contribution in [0.2, 0.25) is 0 Å². The van der Waals surface area contributed by atoms with E-state index in [0.717, 1.165) is 86.5 Å². The summed E-state index contributed by atoms with van der Waals surface area (Å²) in [5.74, 6) is 5.47. The van der Waals surface area contributed by atoms with E-state index in [0.29, 0.717) is 0 Å². The topological polar surface area (TPSA) is 58.6 Å². The first-order valence-corrected chi connectivity index (χ1v) is 21.0. The van der Waals surface area contributed by atoms with E-state index in [9.17, 15) is 0 Å². The second kappa shape index (κ2) is 30.7. The monoisotopic (exact) mass is 772 g/mol. The van der Waals surface area contributed by atoms with Crippen LogP contribution >= 0.6 is 0 Å². The van der Waals surface area contributed by atoms with Crippen LogP contribution in [0.4, 0.5) is 5.69 Å². The molecule has 0 heterocycles. The van der Waals surface area contributed by atoms with Gasteiger partial charge in [-0.2, -0.15) is 0 Å². The lowest BCUT2D eigenvalue weighted by Gasteiger charge is -2.27. The molecule has 0 saturated carbocycles. The van der Waals surface area contributed by atoms with Crippen molar-refractivity contribution in [3.05, 3.63) is 102 Å². The van der Waals surface area contributed by atoms with Crippen molar-refractivity contribution in [2.45, 2.75) is 111 Å². The number of hydrogen-bond acceptors (Lipinski definition) is 7. The first kappa shape index (κ1) is 47.6. The van der Waals surface area contributed by atoms with Gasteiger partial charge < -0.3 is 33.3 Å². The number of nitrogens with zero attached hydrogens (tertiary/aromatic N) is 1. The number of benzene rings is 4. The van der Waals surface area contributed by atoms with Gasteiger partial charge in [0.15, 0.2) is 0 Å². The Morgan fingerprint density at radius 3 is 1.23 bits per heavy atom. The number of anilines is 1. The predicted molar refractivity (Wildman–Crippen MR) is 236 cm³/mol. The van der Waals surface area contributed by atoms with Crippen molar-refractivity contribution in [2.75, 3.05) is 59.6 Å². The molecule has 0 bridgehead atoms. The highest BCUT2D eigenvalue weighted by molar-refractivity contribution is 5.61. The smallest absolute Gasteiger partial charge is 0.142 e. The Bertz CT molecular complexity index is 1430. The second-order valence-corrected chi connectivity index (χ2v) is 13.9. The quantitative estimate of drug-likeness (QED) is 0.0622. The summed E-state index contributed by atoms with van der Waals surface area (Å²) in [4.78, 5) is 2.51. The van der Waals surface area contributed by atoms with Gasteiger partial charge in [-0.3, -0.25) is 0 Å². The molecule has 7 heteroatoms. The molecule has 4 aromatic rings. The van der Waals surface area contributed by atoms with Gasteiger partial charge in [0.25, 0.3) is 0 Å². The molecule has 0 aromatic heterocycles. The third-order valence-electron chi connectivity index (χ3n) is 9.38. The Morgan fingerprint density at radius 1 is 0.393 bits per heavy atom. The molecular formula is C49H73NO6. The molecule has 0 N–H and O–H groups in total. The summed E-state index contributed by atoms with van der Waals surface area (Å²) >= 11 is 0. The minimum Gasteiger partial charge on any atom is -0.497 e. The Balaban J connectivity index is 0.000000333. The summed E-state index contributed by atoms with van der Waals surface area (Å²) in [5, 5.41) is 0. The van der Waals surface area contributed by atoms with E-state index >= 15 is 0 Å². The van der Waals surface area contributed by atoms with E-state index in [1.807, 2.05) is 48.5 Å². The van der Waals surface area contributed by atoms with Crippen LogP contribution in [0, 0.1) is 0 Å². The standard InChI is InChI=1S/C26H47NO2.C15H16O2.C8H10O2/c1-5-9-13-14-15-16-22-29-26-18-17-24(28-21-12-8-4)23-25(26)27(19-10-6-2)20-11-7-3;1-16-14-7-3-12(4-8-14)11-13-5-9-15(17-2)10-6-13;1-9-7-3-5-8(10-2)6-4-7/h17-18,23H,5-16,19-22H2,1-4H3;3-10H,11H2,1-2H3;3-6H,1-2H3. The van der Waals surface area contributed by atoms with Crippen LogP contribution in [0.3, 0.4) is 0 Å². The van der Waals surface area contributed by atoms with Gasteiger partial charge in [-0.15, -0.1) is 0 Å². The number of rotatable bonds is 25. The number of hydrogen-bond donors (Lipinski definition) is 0. The molecule has 56 heavy (non-hydrogen) atoms. The minimum absolute atomic E-state index is 0.790. The average molecular weight is 772 g/mol. The summed E-state index contributed by atoms with van der Waals surface area (Å²) in [6.45, 7) is 12.8. The summed E-state index contributed by atoms with van der Waals surface area (Å²) < 4.78 is 32.5. The molecule has 0 radical (unpaired) electrons. The highest BCUT2D eigenvalue weighted by Crippen LogP contribution is 2.34. The van der Waals surface area contributed by atoms with E-state index < -0.39 is 0 Å². The first-order chi connectivity index (χ1) is 27.4. The van der Waals surface area contributed by atoms with Crippen LogP contribution in [-0.2, 0) is 6.42 Å². The Morgan fingerprint density at radius 2 is 0.786 bits per heavy atom. The molecular weight excluding hydrogens is 699 g/mol. The fraction of sp³-hybridized carbons (Fsp3) is 0.510. The molecule has 4 rings (SSSR count). The van der Waals surface area contributed by atoms with Crippen molar-refractivity contribution >= 4 is 5.69 Å². The summed E-state index contributed by atoms with van der Waals surface area (Å²) in [6.07, 6.45) is 15.8. The molecule has 0 atom stereocenters. The molecule has 7 nitrogen and oxygen atoms in total. The van der Waals surface area contributed by atoms with E-state index in [1.54, 1.807) is 28.4 Å². The molecule has 0 unspecified atom stereocenters. The second-order valence-electron chi connectivity index (χ2n) is 13.9. The SMILES string of the molecule is CCCCCCCCOc1ccc(OCCCC)cc1N(CCCC)CCCC.COc1ccc(Cc2ccc(OC)cc2)cc1.COc1ccc(OC)cc1. The molecule has 0 aliphatic carbocycles. The average Bonchev–Trinajstić information content (AvgIpc) is 3.25. The van der Waals surface area contributed by atoms with Crippen molar-refractivity contribution in [3.63, 3.8) is 0 Å². The van der Waals surface area contributed by atoms with Crippen molar-refractivity contribution in [1.82, 2.24) is 0 Å². The maximum absolute atomic E-state index is 6.27. The number of unbranched alkanes of at least 4 members (excludes halogenated alkanes) is 8. The van der Waals surface area contributed by atoms with Crippen LogP contribution in [0.1, 0.15) is 116 Å². The fourth-order valence-corrected chi connectivity index (χ4v) is 5.84. The van der Waals surface area contributed by atoms with Crippen molar-refractivity contribution in [3.8, 4) is 34.5 Å². The van der Waals surface area contributed by atoms with Crippen LogP contribution in [-0.4, -0.2) is 54.7 Å². The fourth-order valence-electron chi connectivity index (χ4n) is 5.84.